The summed E-state index contributed by atoms with van der Waals surface area (Å²) in [5.74, 6) is 0.267. The maximum Gasteiger partial charge on any atom is 0.258 e. The normalized spacial score (nSPS) is 20.9. The number of hydrogen-bond donors (Lipinski definition) is 1. The first kappa shape index (κ1) is 22.6. The molecule has 3 aromatic rings. The zero-order valence-electron chi connectivity index (χ0n) is 19.7. The van der Waals surface area contributed by atoms with E-state index in [-0.39, 0.29) is 12.0 Å². The molecule has 0 atom stereocenters. The van der Waals surface area contributed by atoms with Gasteiger partial charge in [0.15, 0.2) is 0 Å². The predicted octanol–water partition coefficient (Wildman–Crippen LogP) is 3.37. The van der Waals surface area contributed by atoms with Crippen molar-refractivity contribution in [2.24, 2.45) is 0 Å². The molecule has 1 amide bonds. The van der Waals surface area contributed by atoms with Crippen LogP contribution in [0.5, 0.6) is 5.88 Å². The van der Waals surface area contributed by atoms with Gasteiger partial charge in [-0.25, -0.2) is 9.97 Å². The molecule has 34 heavy (non-hydrogen) atoms. The van der Waals surface area contributed by atoms with Gasteiger partial charge in [-0.2, -0.15) is 0 Å². The fraction of sp³-hybridized carbons (Fsp3) is 0.520. The third-order valence-electron chi connectivity index (χ3n) is 6.68. The van der Waals surface area contributed by atoms with Gasteiger partial charge < -0.3 is 24.3 Å². The van der Waals surface area contributed by atoms with Gasteiger partial charge in [-0.1, -0.05) is 6.92 Å². The summed E-state index contributed by atoms with van der Waals surface area (Å²) in [7, 11) is 0. The number of imidazole rings is 1. The minimum atomic E-state index is -0.149. The van der Waals surface area contributed by atoms with Crippen LogP contribution in [0.25, 0.3) is 10.9 Å². The molecular weight excluding hydrogens is 432 g/mol. The predicted molar refractivity (Wildman–Crippen MR) is 129 cm³/mol. The van der Waals surface area contributed by atoms with E-state index in [0.29, 0.717) is 50.3 Å². The first-order chi connectivity index (χ1) is 16.7. The topological polar surface area (TPSA) is 94.4 Å². The van der Waals surface area contributed by atoms with Crippen molar-refractivity contribution >= 4 is 22.5 Å². The maximum atomic E-state index is 13.5. The molecule has 9 heteroatoms. The molecule has 4 heterocycles. The molecule has 0 radical (unpaired) electrons. The second kappa shape index (κ2) is 10.4. The number of ether oxygens (including phenoxy) is 2. The van der Waals surface area contributed by atoms with E-state index < -0.39 is 0 Å². The molecule has 5 rings (SSSR count). The van der Waals surface area contributed by atoms with E-state index in [1.807, 2.05) is 31.7 Å². The van der Waals surface area contributed by atoms with Gasteiger partial charge in [0.25, 0.3) is 5.91 Å². The Morgan fingerprint density at radius 3 is 2.74 bits per heavy atom. The number of amides is 1. The molecule has 180 valence electrons. The van der Waals surface area contributed by atoms with E-state index in [4.69, 9.17) is 14.5 Å². The lowest BCUT2D eigenvalue weighted by Crippen LogP contribution is -2.38. The molecule has 1 aliphatic heterocycles. The van der Waals surface area contributed by atoms with Crippen molar-refractivity contribution < 1.29 is 14.3 Å². The summed E-state index contributed by atoms with van der Waals surface area (Å²) < 4.78 is 14.3. The minimum absolute atomic E-state index is 0.0156. The molecule has 1 saturated carbocycles. The van der Waals surface area contributed by atoms with Crippen LogP contribution in [0, 0.1) is 0 Å². The number of rotatable bonds is 7. The summed E-state index contributed by atoms with van der Waals surface area (Å²) in [5.41, 5.74) is 2.13. The van der Waals surface area contributed by atoms with Gasteiger partial charge in [0.05, 0.1) is 30.7 Å². The van der Waals surface area contributed by atoms with Crippen LogP contribution in [0.4, 0.5) is 5.69 Å². The van der Waals surface area contributed by atoms with Crippen molar-refractivity contribution in [3.05, 3.63) is 42.7 Å². The highest BCUT2D eigenvalue weighted by Gasteiger charge is 2.30. The number of morpholine rings is 1. The Kier molecular flexibility index (Phi) is 6.89. The average Bonchev–Trinajstić information content (AvgIpc) is 3.42. The van der Waals surface area contributed by atoms with E-state index >= 15 is 0 Å². The Morgan fingerprint density at radius 2 is 2.00 bits per heavy atom. The molecule has 0 aromatic carbocycles. The highest BCUT2D eigenvalue weighted by Crippen LogP contribution is 2.38. The number of carbonyl (C=O) groups is 1. The minimum Gasteiger partial charge on any atom is -0.474 e. The highest BCUT2D eigenvalue weighted by atomic mass is 16.5. The van der Waals surface area contributed by atoms with Gasteiger partial charge in [-0.05, 0) is 38.2 Å². The standard InChI is InChI=1S/C25H32N6O3/c1-2-8-28-24(32)22-23(30-12-14-33-15-13-30)20-16-26-9-7-21(20)29-25(22)34-19-5-3-18(4-6-19)31-11-10-27-17-31/h7,9-11,16-19H,2-6,8,12-15H2,1H3,(H,28,32). The summed E-state index contributed by atoms with van der Waals surface area (Å²) in [5, 5.41) is 3.91. The Bertz CT molecular complexity index is 1110. The molecule has 0 bridgehead atoms. The summed E-state index contributed by atoms with van der Waals surface area (Å²) in [4.78, 5) is 29.0. The molecule has 1 N–H and O–H groups in total. The number of fused-ring (bicyclic) bond motifs is 1. The molecule has 2 aliphatic rings. The summed E-state index contributed by atoms with van der Waals surface area (Å²) in [6.07, 6.45) is 14.0. The lowest BCUT2D eigenvalue weighted by atomic mass is 9.93. The number of anilines is 1. The van der Waals surface area contributed by atoms with Crippen LogP contribution < -0.4 is 15.0 Å². The van der Waals surface area contributed by atoms with Crippen molar-refractivity contribution in [1.82, 2.24) is 24.8 Å². The average molecular weight is 465 g/mol. The molecule has 9 nitrogen and oxygen atoms in total. The van der Waals surface area contributed by atoms with Crippen LogP contribution in [0.2, 0.25) is 0 Å². The van der Waals surface area contributed by atoms with Crippen molar-refractivity contribution in [2.75, 3.05) is 37.7 Å². The van der Waals surface area contributed by atoms with Crippen molar-refractivity contribution in [3.8, 4) is 5.88 Å². The van der Waals surface area contributed by atoms with E-state index in [1.54, 1.807) is 12.4 Å². The molecule has 0 spiro atoms. The van der Waals surface area contributed by atoms with Gasteiger partial charge in [0.2, 0.25) is 5.88 Å². The molecular formula is C25H32N6O3. The summed E-state index contributed by atoms with van der Waals surface area (Å²) >= 11 is 0. The molecule has 3 aromatic heterocycles. The van der Waals surface area contributed by atoms with Gasteiger partial charge in [0, 0.05) is 55.8 Å². The summed E-state index contributed by atoms with van der Waals surface area (Å²) in [6, 6.07) is 2.32. The lowest BCUT2D eigenvalue weighted by Gasteiger charge is -2.33. The number of hydrogen-bond acceptors (Lipinski definition) is 7. The van der Waals surface area contributed by atoms with Gasteiger partial charge in [0.1, 0.15) is 11.7 Å². The van der Waals surface area contributed by atoms with E-state index in [0.717, 1.165) is 48.7 Å². The fourth-order valence-electron chi connectivity index (χ4n) is 4.91. The molecule has 1 saturated heterocycles. The first-order valence-corrected chi connectivity index (χ1v) is 12.3. The Balaban J connectivity index is 1.49. The van der Waals surface area contributed by atoms with E-state index in [1.165, 1.54) is 0 Å². The molecule has 2 fully saturated rings. The maximum absolute atomic E-state index is 13.5. The smallest absolute Gasteiger partial charge is 0.258 e. The van der Waals surface area contributed by atoms with E-state index in [9.17, 15) is 4.79 Å². The van der Waals surface area contributed by atoms with Crippen LogP contribution in [0.15, 0.2) is 37.2 Å². The lowest BCUT2D eigenvalue weighted by molar-refractivity contribution is 0.0931. The number of aromatic nitrogens is 4. The third kappa shape index (κ3) is 4.70. The SMILES string of the molecule is CCCNC(=O)c1c(OC2CCC(n3ccnc3)CC2)nc2ccncc2c1N1CCOCC1. The fourth-order valence-corrected chi connectivity index (χ4v) is 4.91. The molecule has 0 unspecified atom stereocenters. The Morgan fingerprint density at radius 1 is 1.18 bits per heavy atom. The molecule has 1 aliphatic carbocycles. The van der Waals surface area contributed by atoms with Gasteiger partial charge >= 0.3 is 0 Å². The van der Waals surface area contributed by atoms with Crippen LogP contribution in [0.1, 0.15) is 55.4 Å². The van der Waals surface area contributed by atoms with Gasteiger partial charge in [-0.3, -0.25) is 9.78 Å². The number of carbonyl (C=O) groups excluding carboxylic acids is 1. The Labute approximate surface area is 199 Å². The van der Waals surface area contributed by atoms with Crippen LogP contribution in [-0.2, 0) is 4.74 Å². The Hall–Kier alpha value is -3.20. The zero-order chi connectivity index (χ0) is 23.3. The highest BCUT2D eigenvalue weighted by molar-refractivity contribution is 6.09. The number of nitrogens with zero attached hydrogens (tertiary/aromatic N) is 5. The number of pyridine rings is 2. The van der Waals surface area contributed by atoms with Gasteiger partial charge in [-0.15, -0.1) is 0 Å². The van der Waals surface area contributed by atoms with Crippen molar-refractivity contribution in [3.63, 3.8) is 0 Å². The van der Waals surface area contributed by atoms with Crippen LogP contribution in [0.3, 0.4) is 0 Å². The monoisotopic (exact) mass is 464 g/mol. The largest absolute Gasteiger partial charge is 0.474 e. The first-order valence-electron chi connectivity index (χ1n) is 12.3. The zero-order valence-corrected chi connectivity index (χ0v) is 19.7. The van der Waals surface area contributed by atoms with E-state index in [2.05, 4.69) is 24.8 Å². The quantitative estimate of drug-likeness (QED) is 0.573. The number of nitrogens with one attached hydrogen (secondary N) is 1. The second-order valence-electron chi connectivity index (χ2n) is 8.95. The van der Waals surface area contributed by atoms with Crippen molar-refractivity contribution in [2.45, 2.75) is 51.2 Å². The summed E-state index contributed by atoms with van der Waals surface area (Å²) in [6.45, 7) is 5.29. The third-order valence-corrected chi connectivity index (χ3v) is 6.68. The van der Waals surface area contributed by atoms with Crippen LogP contribution in [-0.4, -0.2) is 64.4 Å². The van der Waals surface area contributed by atoms with Crippen LogP contribution >= 0.6 is 0 Å². The second-order valence-corrected chi connectivity index (χ2v) is 8.95. The van der Waals surface area contributed by atoms with Crippen molar-refractivity contribution in [1.29, 1.82) is 0 Å².